The molecule has 0 bridgehead atoms. The van der Waals surface area contributed by atoms with Crippen molar-refractivity contribution in [3.8, 4) is 17.1 Å². The molecule has 0 unspecified atom stereocenters. The normalized spacial score (nSPS) is 17.2. The molecule has 2 aliphatic carbocycles. The maximum Gasteiger partial charge on any atom is 0.407 e. The lowest BCUT2D eigenvalue weighted by molar-refractivity contribution is 0.133. The van der Waals surface area contributed by atoms with E-state index in [0.717, 1.165) is 24.3 Å². The molecule has 1 N–H and O–H groups in total. The standard InChI is InChI=1S/C21H29N5O3/c1-14-19(29-16-8-3-4-9-16)11-10-17(23-14)20-18(26(2)25-24-20)13-28-21(27)22-12-15-6-5-7-15/h10-11,15-16H,3-9,12-13H2,1-2H3,(H,22,27). The van der Waals surface area contributed by atoms with Crippen LogP contribution >= 0.6 is 0 Å². The number of carbonyl (C=O) groups is 1. The first-order valence-electron chi connectivity index (χ1n) is 10.5. The first kappa shape index (κ1) is 19.7. The largest absolute Gasteiger partial charge is 0.489 e. The van der Waals surface area contributed by atoms with Crippen molar-refractivity contribution in [1.82, 2.24) is 25.3 Å². The minimum absolute atomic E-state index is 0.0936. The number of amides is 1. The highest BCUT2D eigenvalue weighted by molar-refractivity contribution is 5.67. The van der Waals surface area contributed by atoms with Gasteiger partial charge in [-0.2, -0.15) is 0 Å². The molecular formula is C21H29N5O3. The van der Waals surface area contributed by atoms with Crippen molar-refractivity contribution in [2.24, 2.45) is 13.0 Å². The average molecular weight is 399 g/mol. The maximum atomic E-state index is 12.0. The zero-order valence-electron chi connectivity index (χ0n) is 17.2. The van der Waals surface area contributed by atoms with Crippen LogP contribution in [-0.4, -0.2) is 38.7 Å². The van der Waals surface area contributed by atoms with Crippen LogP contribution in [0, 0.1) is 12.8 Å². The molecule has 2 heterocycles. The zero-order chi connectivity index (χ0) is 20.2. The number of ether oxygens (including phenoxy) is 2. The molecule has 0 saturated heterocycles. The van der Waals surface area contributed by atoms with E-state index in [9.17, 15) is 4.79 Å². The Balaban J connectivity index is 1.40. The van der Waals surface area contributed by atoms with Gasteiger partial charge in [-0.3, -0.25) is 0 Å². The van der Waals surface area contributed by atoms with Crippen LogP contribution in [0.3, 0.4) is 0 Å². The average Bonchev–Trinajstić information content (AvgIpc) is 3.30. The number of alkyl carbamates (subject to hydrolysis) is 1. The Morgan fingerprint density at radius 1 is 1.21 bits per heavy atom. The minimum atomic E-state index is -0.409. The van der Waals surface area contributed by atoms with E-state index in [1.807, 2.05) is 19.1 Å². The summed E-state index contributed by atoms with van der Waals surface area (Å²) >= 11 is 0. The molecule has 4 rings (SSSR count). The third kappa shape index (κ3) is 4.68. The number of rotatable bonds is 7. The van der Waals surface area contributed by atoms with Gasteiger partial charge < -0.3 is 14.8 Å². The number of hydrogen-bond donors (Lipinski definition) is 1. The summed E-state index contributed by atoms with van der Waals surface area (Å²) in [4.78, 5) is 16.7. The van der Waals surface area contributed by atoms with Crippen LogP contribution in [0.1, 0.15) is 56.3 Å². The Hall–Kier alpha value is -2.64. The summed E-state index contributed by atoms with van der Waals surface area (Å²) in [5.74, 6) is 1.41. The van der Waals surface area contributed by atoms with Gasteiger partial charge in [-0.15, -0.1) is 5.10 Å². The first-order chi connectivity index (χ1) is 14.1. The van der Waals surface area contributed by atoms with Gasteiger partial charge in [0.15, 0.2) is 0 Å². The summed E-state index contributed by atoms with van der Waals surface area (Å²) in [6, 6.07) is 3.84. The molecule has 8 nitrogen and oxygen atoms in total. The third-order valence-corrected chi connectivity index (χ3v) is 5.92. The smallest absolute Gasteiger partial charge is 0.407 e. The first-order valence-corrected chi connectivity index (χ1v) is 10.5. The second-order valence-electron chi connectivity index (χ2n) is 8.07. The summed E-state index contributed by atoms with van der Waals surface area (Å²) in [6.45, 7) is 2.71. The summed E-state index contributed by atoms with van der Waals surface area (Å²) in [5.41, 5.74) is 2.85. The topological polar surface area (TPSA) is 91.2 Å². The SMILES string of the molecule is Cc1nc(-c2nnn(C)c2COC(=O)NCC2CCC2)ccc1OC1CCCC1. The van der Waals surface area contributed by atoms with Crippen molar-refractivity contribution in [3.05, 3.63) is 23.5 Å². The molecule has 2 aromatic heterocycles. The van der Waals surface area contributed by atoms with Crippen molar-refractivity contribution < 1.29 is 14.3 Å². The van der Waals surface area contributed by atoms with Crippen LogP contribution in [0.2, 0.25) is 0 Å². The molecule has 2 fully saturated rings. The van der Waals surface area contributed by atoms with Crippen LogP contribution in [0.5, 0.6) is 5.75 Å². The Kier molecular flexibility index (Phi) is 5.97. The highest BCUT2D eigenvalue weighted by Crippen LogP contribution is 2.28. The van der Waals surface area contributed by atoms with E-state index < -0.39 is 6.09 Å². The van der Waals surface area contributed by atoms with Gasteiger partial charge in [0, 0.05) is 13.6 Å². The number of nitrogens with zero attached hydrogens (tertiary/aromatic N) is 4. The Morgan fingerprint density at radius 2 is 2.00 bits per heavy atom. The molecular weight excluding hydrogens is 370 g/mol. The summed E-state index contributed by atoms with van der Waals surface area (Å²) in [5, 5.41) is 11.2. The highest BCUT2D eigenvalue weighted by atomic mass is 16.5. The van der Waals surface area contributed by atoms with Crippen LogP contribution in [0.25, 0.3) is 11.4 Å². The molecule has 2 aromatic rings. The van der Waals surface area contributed by atoms with E-state index in [1.165, 1.54) is 32.1 Å². The number of nitrogens with one attached hydrogen (secondary N) is 1. The lowest BCUT2D eigenvalue weighted by atomic mass is 9.85. The Bertz CT molecular complexity index is 856. The second kappa shape index (κ2) is 8.80. The van der Waals surface area contributed by atoms with Crippen molar-refractivity contribution in [1.29, 1.82) is 0 Å². The predicted octanol–water partition coefficient (Wildman–Crippen LogP) is 3.53. The molecule has 0 aromatic carbocycles. The number of aryl methyl sites for hydroxylation is 2. The van der Waals surface area contributed by atoms with E-state index >= 15 is 0 Å². The van der Waals surface area contributed by atoms with Gasteiger partial charge in [0.25, 0.3) is 0 Å². The maximum absolute atomic E-state index is 12.0. The van der Waals surface area contributed by atoms with Crippen LogP contribution in [0.4, 0.5) is 4.79 Å². The van der Waals surface area contributed by atoms with E-state index in [-0.39, 0.29) is 6.61 Å². The number of pyridine rings is 1. The molecule has 1 amide bonds. The lowest BCUT2D eigenvalue weighted by Gasteiger charge is -2.25. The third-order valence-electron chi connectivity index (χ3n) is 5.92. The van der Waals surface area contributed by atoms with Crippen molar-refractivity contribution in [2.75, 3.05) is 6.54 Å². The molecule has 0 atom stereocenters. The van der Waals surface area contributed by atoms with E-state index in [0.29, 0.717) is 35.6 Å². The zero-order valence-corrected chi connectivity index (χ0v) is 17.2. The van der Waals surface area contributed by atoms with Gasteiger partial charge in [-0.25, -0.2) is 14.5 Å². The monoisotopic (exact) mass is 399 g/mol. The Labute approximate surface area is 171 Å². The predicted molar refractivity (Wildman–Crippen MR) is 107 cm³/mol. The van der Waals surface area contributed by atoms with Gasteiger partial charge in [0.05, 0.1) is 17.5 Å². The quantitative estimate of drug-likeness (QED) is 0.766. The fourth-order valence-corrected chi connectivity index (χ4v) is 3.84. The highest BCUT2D eigenvalue weighted by Gasteiger charge is 2.21. The van der Waals surface area contributed by atoms with Gasteiger partial charge in [0.1, 0.15) is 23.7 Å². The molecule has 8 heteroatoms. The summed E-state index contributed by atoms with van der Waals surface area (Å²) in [6.07, 6.45) is 8.17. The van der Waals surface area contributed by atoms with E-state index in [1.54, 1.807) is 11.7 Å². The molecule has 0 aliphatic heterocycles. The minimum Gasteiger partial charge on any atom is -0.489 e. The Morgan fingerprint density at radius 3 is 2.69 bits per heavy atom. The number of aromatic nitrogens is 4. The fraction of sp³-hybridized carbons (Fsp3) is 0.619. The van der Waals surface area contributed by atoms with Gasteiger partial charge in [-0.05, 0) is 63.5 Å². The second-order valence-corrected chi connectivity index (χ2v) is 8.07. The van der Waals surface area contributed by atoms with Crippen molar-refractivity contribution >= 4 is 6.09 Å². The number of carbonyl (C=O) groups excluding carboxylic acids is 1. The van der Waals surface area contributed by atoms with E-state index in [4.69, 9.17) is 9.47 Å². The molecule has 156 valence electrons. The van der Waals surface area contributed by atoms with Crippen molar-refractivity contribution in [3.63, 3.8) is 0 Å². The molecule has 2 saturated carbocycles. The summed E-state index contributed by atoms with van der Waals surface area (Å²) in [7, 11) is 1.78. The number of hydrogen-bond acceptors (Lipinski definition) is 6. The lowest BCUT2D eigenvalue weighted by Crippen LogP contribution is -2.32. The van der Waals surface area contributed by atoms with Crippen LogP contribution in [0.15, 0.2) is 12.1 Å². The van der Waals surface area contributed by atoms with Crippen LogP contribution < -0.4 is 10.1 Å². The summed E-state index contributed by atoms with van der Waals surface area (Å²) < 4.78 is 13.1. The van der Waals surface area contributed by atoms with Crippen molar-refractivity contribution in [2.45, 2.75) is 64.6 Å². The molecule has 29 heavy (non-hydrogen) atoms. The van der Waals surface area contributed by atoms with Crippen LogP contribution in [-0.2, 0) is 18.4 Å². The van der Waals surface area contributed by atoms with Gasteiger partial charge in [0.2, 0.25) is 0 Å². The van der Waals surface area contributed by atoms with Gasteiger partial charge >= 0.3 is 6.09 Å². The van der Waals surface area contributed by atoms with Gasteiger partial charge in [-0.1, -0.05) is 11.6 Å². The fourth-order valence-electron chi connectivity index (χ4n) is 3.84. The molecule has 2 aliphatic rings. The van der Waals surface area contributed by atoms with E-state index in [2.05, 4.69) is 20.6 Å². The molecule has 0 spiro atoms. The molecule has 0 radical (unpaired) electrons.